The summed E-state index contributed by atoms with van der Waals surface area (Å²) in [4.78, 5) is 19.2. The van der Waals surface area contributed by atoms with Gasteiger partial charge in [0.05, 0.1) is 23.0 Å². The van der Waals surface area contributed by atoms with Crippen LogP contribution < -0.4 is 15.5 Å². The lowest BCUT2D eigenvalue weighted by atomic mass is 9.97. The monoisotopic (exact) mass is 367 g/mol. The van der Waals surface area contributed by atoms with E-state index in [1.54, 1.807) is 12.3 Å². The fourth-order valence-electron chi connectivity index (χ4n) is 4.11. The molecule has 1 aromatic heterocycles. The zero-order valence-corrected chi connectivity index (χ0v) is 15.2. The van der Waals surface area contributed by atoms with Gasteiger partial charge >= 0.3 is 0 Å². The van der Waals surface area contributed by atoms with Gasteiger partial charge in [-0.25, -0.2) is 4.39 Å². The van der Waals surface area contributed by atoms with Crippen molar-refractivity contribution in [2.45, 2.75) is 19.1 Å². The first-order valence-corrected chi connectivity index (χ1v) is 9.26. The van der Waals surface area contributed by atoms with E-state index in [9.17, 15) is 14.4 Å². The van der Waals surface area contributed by atoms with Crippen LogP contribution in [0.25, 0.3) is 10.9 Å². The molecular weight excluding hydrogens is 345 g/mol. The summed E-state index contributed by atoms with van der Waals surface area (Å²) in [6.45, 7) is 4.12. The molecule has 0 bridgehead atoms. The molecule has 2 aliphatic heterocycles. The van der Waals surface area contributed by atoms with Crippen molar-refractivity contribution in [2.75, 3.05) is 31.1 Å². The van der Waals surface area contributed by atoms with Gasteiger partial charge in [-0.3, -0.25) is 9.78 Å². The van der Waals surface area contributed by atoms with Gasteiger partial charge < -0.3 is 15.5 Å². The summed E-state index contributed by atoms with van der Waals surface area (Å²) in [6.07, 6.45) is 0.647. The Balaban J connectivity index is 1.56. The Kier molecular flexibility index (Phi) is 4.66. The molecule has 2 N–H and O–H groups in total. The lowest BCUT2D eigenvalue weighted by molar-refractivity contribution is -0.126. The Bertz CT molecular complexity index is 911. The third kappa shape index (κ3) is 3.21. The molecule has 4 rings (SSSR count). The number of hydrogen-bond acceptors (Lipinski definition) is 5. The smallest absolute Gasteiger partial charge is 0.225 e. The Morgan fingerprint density at radius 1 is 1.37 bits per heavy atom. The second kappa shape index (κ2) is 7.12. The van der Waals surface area contributed by atoms with E-state index in [4.69, 9.17) is 0 Å². The SMILES string of the molecule is CC1CN(c2ccc(C#N)c3ncccc23)C[C@H]1C(=O)N[C@H]1CNC[C@H]1F. The molecule has 2 aliphatic rings. The minimum Gasteiger partial charge on any atom is -0.370 e. The van der Waals surface area contributed by atoms with Gasteiger partial charge in [0.1, 0.15) is 12.2 Å². The topological polar surface area (TPSA) is 81.0 Å². The summed E-state index contributed by atoms with van der Waals surface area (Å²) in [7, 11) is 0. The fraction of sp³-hybridized carbons (Fsp3) is 0.450. The molecule has 0 spiro atoms. The molecule has 2 fully saturated rings. The number of aromatic nitrogens is 1. The zero-order chi connectivity index (χ0) is 19.0. The molecule has 140 valence electrons. The van der Waals surface area contributed by atoms with Crippen molar-refractivity contribution in [3.8, 4) is 6.07 Å². The predicted molar refractivity (Wildman–Crippen MR) is 101 cm³/mol. The number of alkyl halides is 1. The highest BCUT2D eigenvalue weighted by molar-refractivity contribution is 5.95. The number of nitrogens with zero attached hydrogens (tertiary/aromatic N) is 3. The van der Waals surface area contributed by atoms with Crippen molar-refractivity contribution >= 4 is 22.5 Å². The number of hydrogen-bond donors (Lipinski definition) is 2. The third-order valence-electron chi connectivity index (χ3n) is 5.62. The quantitative estimate of drug-likeness (QED) is 0.861. The Hall–Kier alpha value is -2.72. The minimum atomic E-state index is -1.03. The molecule has 7 heteroatoms. The first-order chi connectivity index (χ1) is 13.1. The number of anilines is 1. The molecule has 1 aromatic carbocycles. The summed E-state index contributed by atoms with van der Waals surface area (Å²) in [5.74, 6) is -0.127. The van der Waals surface area contributed by atoms with Crippen molar-refractivity contribution < 1.29 is 9.18 Å². The molecule has 2 aromatic rings. The second-order valence-electron chi connectivity index (χ2n) is 7.42. The van der Waals surface area contributed by atoms with Gasteiger partial charge in [0, 0.05) is 43.4 Å². The predicted octanol–water partition coefficient (Wildman–Crippen LogP) is 1.60. The summed E-state index contributed by atoms with van der Waals surface area (Å²) in [6, 6.07) is 9.24. The van der Waals surface area contributed by atoms with E-state index in [0.717, 1.165) is 17.6 Å². The summed E-state index contributed by atoms with van der Waals surface area (Å²) in [5, 5.41) is 16.1. The van der Waals surface area contributed by atoms with Crippen molar-refractivity contribution in [1.29, 1.82) is 5.26 Å². The van der Waals surface area contributed by atoms with E-state index in [1.165, 1.54) is 0 Å². The standard InChI is InChI=1S/C20H22FN5O/c1-12-10-26(11-15(12)20(27)25-17-9-23-8-16(17)21)18-5-4-13(7-22)19-14(18)3-2-6-24-19/h2-6,12,15-17,23H,8-11H2,1H3,(H,25,27)/t12?,15-,16-,17+/m1/s1. The second-order valence-corrected chi connectivity index (χ2v) is 7.42. The summed E-state index contributed by atoms with van der Waals surface area (Å²) in [5.41, 5.74) is 2.19. The summed E-state index contributed by atoms with van der Waals surface area (Å²) >= 11 is 0. The lowest BCUT2D eigenvalue weighted by Crippen LogP contribution is -2.45. The fourth-order valence-corrected chi connectivity index (χ4v) is 4.11. The van der Waals surface area contributed by atoms with Crippen LogP contribution in [0.4, 0.5) is 10.1 Å². The number of amides is 1. The molecule has 4 atom stereocenters. The van der Waals surface area contributed by atoms with Crippen molar-refractivity contribution in [2.24, 2.45) is 11.8 Å². The highest BCUT2D eigenvalue weighted by Crippen LogP contribution is 2.34. The Morgan fingerprint density at radius 3 is 2.96 bits per heavy atom. The normalized spacial score (nSPS) is 27.7. The number of nitriles is 1. The van der Waals surface area contributed by atoms with Crippen LogP contribution in [0.1, 0.15) is 12.5 Å². The maximum atomic E-state index is 13.8. The minimum absolute atomic E-state index is 0.0857. The molecular formula is C20H22FN5O. The first-order valence-electron chi connectivity index (χ1n) is 9.26. The van der Waals surface area contributed by atoms with Crippen LogP contribution in [-0.4, -0.2) is 49.3 Å². The number of halogens is 1. The van der Waals surface area contributed by atoms with Gasteiger partial charge in [-0.05, 0) is 30.2 Å². The maximum Gasteiger partial charge on any atom is 0.225 e. The first kappa shape index (κ1) is 17.7. The van der Waals surface area contributed by atoms with Crippen LogP contribution in [0.5, 0.6) is 0 Å². The van der Waals surface area contributed by atoms with Crippen molar-refractivity contribution in [3.63, 3.8) is 0 Å². The molecule has 0 radical (unpaired) electrons. The molecule has 6 nitrogen and oxygen atoms in total. The van der Waals surface area contributed by atoms with Crippen molar-refractivity contribution in [1.82, 2.24) is 15.6 Å². The molecule has 1 unspecified atom stereocenters. The van der Waals surface area contributed by atoms with Gasteiger partial charge in [0.2, 0.25) is 5.91 Å². The van der Waals surface area contributed by atoms with Crippen LogP contribution in [-0.2, 0) is 4.79 Å². The van der Waals surface area contributed by atoms with Crippen LogP contribution in [0.2, 0.25) is 0 Å². The number of nitrogens with one attached hydrogen (secondary N) is 2. The van der Waals surface area contributed by atoms with E-state index < -0.39 is 12.2 Å². The molecule has 27 heavy (non-hydrogen) atoms. The van der Waals surface area contributed by atoms with Gasteiger partial charge in [0.25, 0.3) is 0 Å². The van der Waals surface area contributed by atoms with Crippen LogP contribution >= 0.6 is 0 Å². The van der Waals surface area contributed by atoms with E-state index in [1.807, 2.05) is 25.1 Å². The van der Waals surface area contributed by atoms with E-state index in [-0.39, 0.29) is 17.7 Å². The highest BCUT2D eigenvalue weighted by atomic mass is 19.1. The summed E-state index contributed by atoms with van der Waals surface area (Å²) < 4.78 is 13.8. The number of carbonyl (C=O) groups is 1. The van der Waals surface area contributed by atoms with Crippen LogP contribution in [0, 0.1) is 23.2 Å². The number of pyridine rings is 1. The maximum absolute atomic E-state index is 13.8. The average Bonchev–Trinajstić information content (AvgIpc) is 3.26. The van der Waals surface area contributed by atoms with Gasteiger partial charge in [0.15, 0.2) is 0 Å². The highest BCUT2D eigenvalue weighted by Gasteiger charge is 2.38. The molecule has 0 aliphatic carbocycles. The average molecular weight is 367 g/mol. The van der Waals surface area contributed by atoms with E-state index in [0.29, 0.717) is 30.7 Å². The Labute approximate surface area is 157 Å². The van der Waals surface area contributed by atoms with Crippen molar-refractivity contribution in [3.05, 3.63) is 36.0 Å². The molecule has 0 saturated carbocycles. The zero-order valence-electron chi connectivity index (χ0n) is 15.2. The molecule has 1 amide bonds. The largest absolute Gasteiger partial charge is 0.370 e. The number of rotatable bonds is 3. The van der Waals surface area contributed by atoms with Gasteiger partial charge in [-0.15, -0.1) is 0 Å². The number of fused-ring (bicyclic) bond motifs is 1. The van der Waals surface area contributed by atoms with E-state index in [2.05, 4.69) is 26.6 Å². The van der Waals surface area contributed by atoms with E-state index >= 15 is 0 Å². The molecule has 3 heterocycles. The molecule has 2 saturated heterocycles. The van der Waals surface area contributed by atoms with Crippen LogP contribution in [0.3, 0.4) is 0 Å². The lowest BCUT2D eigenvalue weighted by Gasteiger charge is -2.21. The number of benzene rings is 1. The third-order valence-corrected chi connectivity index (χ3v) is 5.62. The number of carbonyl (C=O) groups excluding carboxylic acids is 1. The van der Waals surface area contributed by atoms with Gasteiger partial charge in [-0.2, -0.15) is 5.26 Å². The van der Waals surface area contributed by atoms with Gasteiger partial charge in [-0.1, -0.05) is 6.92 Å². The van der Waals surface area contributed by atoms with Crippen LogP contribution in [0.15, 0.2) is 30.5 Å². The Morgan fingerprint density at radius 2 is 2.22 bits per heavy atom.